The zero-order valence-electron chi connectivity index (χ0n) is 10.5. The van der Waals surface area contributed by atoms with E-state index in [0.717, 1.165) is 18.7 Å². The van der Waals surface area contributed by atoms with Crippen molar-refractivity contribution in [3.8, 4) is 0 Å². The van der Waals surface area contributed by atoms with Crippen molar-refractivity contribution >= 4 is 22.7 Å². The Labute approximate surface area is 111 Å². The van der Waals surface area contributed by atoms with Crippen LogP contribution in [0.15, 0.2) is 17.5 Å². The molecule has 0 aliphatic heterocycles. The Morgan fingerprint density at radius 2 is 2.24 bits per heavy atom. The standard InChI is InChI=1S/C13H18N2S2/c1-4-7-14-12(11-6-5-8-16-11)13-15-9(2)10(3)17-13/h5-6,8,12,14H,4,7H2,1-3H3. The summed E-state index contributed by atoms with van der Waals surface area (Å²) in [5.41, 5.74) is 1.16. The smallest absolute Gasteiger partial charge is 0.115 e. The van der Waals surface area contributed by atoms with Crippen LogP contribution in [-0.4, -0.2) is 11.5 Å². The Morgan fingerprint density at radius 3 is 2.76 bits per heavy atom. The number of aryl methyl sites for hydroxylation is 2. The van der Waals surface area contributed by atoms with Gasteiger partial charge in [-0.3, -0.25) is 0 Å². The molecule has 2 aromatic heterocycles. The highest BCUT2D eigenvalue weighted by Gasteiger charge is 2.18. The van der Waals surface area contributed by atoms with Gasteiger partial charge in [-0.2, -0.15) is 0 Å². The van der Waals surface area contributed by atoms with E-state index in [4.69, 9.17) is 0 Å². The first-order valence-electron chi connectivity index (χ1n) is 5.93. The minimum atomic E-state index is 0.271. The summed E-state index contributed by atoms with van der Waals surface area (Å²) in [5, 5.41) is 6.91. The third-order valence-electron chi connectivity index (χ3n) is 2.72. The average Bonchev–Trinajstić information content (AvgIpc) is 2.92. The van der Waals surface area contributed by atoms with Crippen molar-refractivity contribution in [2.24, 2.45) is 0 Å². The van der Waals surface area contributed by atoms with E-state index in [9.17, 15) is 0 Å². The fourth-order valence-corrected chi connectivity index (χ4v) is 3.57. The molecule has 0 aliphatic carbocycles. The summed E-state index contributed by atoms with van der Waals surface area (Å²) >= 11 is 3.60. The summed E-state index contributed by atoms with van der Waals surface area (Å²) in [6.45, 7) is 7.44. The van der Waals surface area contributed by atoms with Gasteiger partial charge in [-0.25, -0.2) is 4.98 Å². The van der Waals surface area contributed by atoms with Crippen LogP contribution >= 0.6 is 22.7 Å². The first kappa shape index (κ1) is 12.7. The largest absolute Gasteiger partial charge is 0.304 e. The van der Waals surface area contributed by atoms with Gasteiger partial charge in [0, 0.05) is 9.75 Å². The molecule has 2 heterocycles. The highest BCUT2D eigenvalue weighted by molar-refractivity contribution is 7.12. The lowest BCUT2D eigenvalue weighted by Gasteiger charge is -2.14. The minimum Gasteiger partial charge on any atom is -0.304 e. The second-order valence-electron chi connectivity index (χ2n) is 4.10. The Hall–Kier alpha value is -0.710. The van der Waals surface area contributed by atoms with Crippen LogP contribution in [-0.2, 0) is 0 Å². The van der Waals surface area contributed by atoms with Crippen LogP contribution in [0.2, 0.25) is 0 Å². The molecule has 1 atom stereocenters. The molecule has 0 aliphatic rings. The second-order valence-corrected chi connectivity index (χ2v) is 6.31. The SMILES string of the molecule is CCCNC(c1cccs1)c1nc(C)c(C)s1. The first-order valence-corrected chi connectivity index (χ1v) is 7.62. The molecule has 1 N–H and O–H groups in total. The van der Waals surface area contributed by atoms with Gasteiger partial charge in [0.2, 0.25) is 0 Å². The maximum Gasteiger partial charge on any atom is 0.115 e. The van der Waals surface area contributed by atoms with Crippen LogP contribution in [0.25, 0.3) is 0 Å². The molecule has 0 aromatic carbocycles. The van der Waals surface area contributed by atoms with E-state index >= 15 is 0 Å². The fraction of sp³-hybridized carbons (Fsp3) is 0.462. The van der Waals surface area contributed by atoms with Crippen LogP contribution in [0.5, 0.6) is 0 Å². The van der Waals surface area contributed by atoms with Crippen molar-refractivity contribution in [2.75, 3.05) is 6.54 Å². The summed E-state index contributed by atoms with van der Waals surface area (Å²) < 4.78 is 0. The average molecular weight is 266 g/mol. The molecule has 0 saturated carbocycles. The van der Waals surface area contributed by atoms with Gasteiger partial charge in [-0.15, -0.1) is 22.7 Å². The summed E-state index contributed by atoms with van der Waals surface area (Å²) in [6.07, 6.45) is 1.14. The maximum absolute atomic E-state index is 4.68. The van der Waals surface area contributed by atoms with E-state index in [0.29, 0.717) is 0 Å². The normalized spacial score (nSPS) is 12.9. The third kappa shape index (κ3) is 2.94. The number of thiazole rings is 1. The molecule has 2 aromatic rings. The molecule has 92 valence electrons. The molecule has 4 heteroatoms. The van der Waals surface area contributed by atoms with Crippen molar-refractivity contribution in [1.29, 1.82) is 0 Å². The van der Waals surface area contributed by atoms with Crippen molar-refractivity contribution in [1.82, 2.24) is 10.3 Å². The monoisotopic (exact) mass is 266 g/mol. The lowest BCUT2D eigenvalue weighted by molar-refractivity contribution is 0.602. The summed E-state index contributed by atoms with van der Waals surface area (Å²) in [4.78, 5) is 7.36. The quantitative estimate of drug-likeness (QED) is 0.887. The highest BCUT2D eigenvalue weighted by Crippen LogP contribution is 2.30. The van der Waals surface area contributed by atoms with Crippen LogP contribution in [0.3, 0.4) is 0 Å². The van der Waals surface area contributed by atoms with E-state index < -0.39 is 0 Å². The molecule has 17 heavy (non-hydrogen) atoms. The predicted octanol–water partition coefficient (Wildman–Crippen LogP) is 3.91. The number of thiophene rings is 1. The number of nitrogens with one attached hydrogen (secondary N) is 1. The Balaban J connectivity index is 2.26. The van der Waals surface area contributed by atoms with Crippen molar-refractivity contribution in [3.05, 3.63) is 38.0 Å². The summed E-state index contributed by atoms with van der Waals surface area (Å²) in [5.74, 6) is 0. The van der Waals surface area contributed by atoms with Crippen molar-refractivity contribution < 1.29 is 0 Å². The van der Waals surface area contributed by atoms with Crippen LogP contribution in [0.4, 0.5) is 0 Å². The number of rotatable bonds is 5. The summed E-state index contributed by atoms with van der Waals surface area (Å²) in [7, 11) is 0. The van der Waals surface area contributed by atoms with Gasteiger partial charge in [0.05, 0.1) is 11.7 Å². The Kier molecular flexibility index (Phi) is 4.31. The molecule has 0 spiro atoms. The number of hydrogen-bond donors (Lipinski definition) is 1. The first-order chi connectivity index (χ1) is 8.22. The lowest BCUT2D eigenvalue weighted by Crippen LogP contribution is -2.22. The molecule has 0 fully saturated rings. The van der Waals surface area contributed by atoms with Gasteiger partial charge >= 0.3 is 0 Å². The third-order valence-corrected chi connectivity index (χ3v) is 4.79. The molecule has 2 rings (SSSR count). The Morgan fingerprint density at radius 1 is 1.41 bits per heavy atom. The van der Waals surface area contributed by atoms with Crippen LogP contribution < -0.4 is 5.32 Å². The summed E-state index contributed by atoms with van der Waals surface area (Å²) in [6, 6.07) is 4.56. The minimum absolute atomic E-state index is 0.271. The molecule has 2 nitrogen and oxygen atoms in total. The van der Waals surface area contributed by atoms with Gasteiger partial charge in [0.25, 0.3) is 0 Å². The maximum atomic E-state index is 4.68. The molecule has 0 amide bonds. The second kappa shape index (κ2) is 5.76. The zero-order valence-corrected chi connectivity index (χ0v) is 12.1. The molecular formula is C13H18N2S2. The van der Waals surface area contributed by atoms with Gasteiger partial charge in [-0.05, 0) is 38.3 Å². The molecule has 0 radical (unpaired) electrons. The number of hydrogen-bond acceptors (Lipinski definition) is 4. The molecular weight excluding hydrogens is 248 g/mol. The predicted molar refractivity (Wildman–Crippen MR) is 76.0 cm³/mol. The van der Waals surface area contributed by atoms with Crippen molar-refractivity contribution in [2.45, 2.75) is 33.2 Å². The van der Waals surface area contributed by atoms with Gasteiger partial charge in [0.1, 0.15) is 5.01 Å². The molecule has 0 saturated heterocycles. The van der Waals surface area contributed by atoms with Gasteiger partial charge in [-0.1, -0.05) is 13.0 Å². The zero-order chi connectivity index (χ0) is 12.3. The van der Waals surface area contributed by atoms with Crippen molar-refractivity contribution in [3.63, 3.8) is 0 Å². The van der Waals surface area contributed by atoms with E-state index in [1.807, 2.05) is 0 Å². The van der Waals surface area contributed by atoms with E-state index in [2.05, 4.69) is 48.6 Å². The van der Waals surface area contributed by atoms with E-state index in [1.165, 1.54) is 14.8 Å². The van der Waals surface area contributed by atoms with E-state index in [1.54, 1.807) is 22.7 Å². The van der Waals surface area contributed by atoms with Gasteiger partial charge in [0.15, 0.2) is 0 Å². The molecule has 0 bridgehead atoms. The van der Waals surface area contributed by atoms with E-state index in [-0.39, 0.29) is 6.04 Å². The highest BCUT2D eigenvalue weighted by atomic mass is 32.1. The number of nitrogens with zero attached hydrogens (tertiary/aromatic N) is 1. The lowest BCUT2D eigenvalue weighted by atomic mass is 10.2. The Bertz CT molecular complexity index is 440. The topological polar surface area (TPSA) is 24.9 Å². The number of aromatic nitrogens is 1. The van der Waals surface area contributed by atoms with Gasteiger partial charge < -0.3 is 5.32 Å². The molecule has 1 unspecified atom stereocenters. The van der Waals surface area contributed by atoms with Crippen LogP contribution in [0.1, 0.15) is 39.8 Å². The van der Waals surface area contributed by atoms with Crippen LogP contribution in [0, 0.1) is 13.8 Å². The fourth-order valence-electron chi connectivity index (χ4n) is 1.67.